The number of aliphatic imine (C=N–C) groups is 1. The maximum Gasteiger partial charge on any atom is 0.435 e. The Bertz CT molecular complexity index is 1250. The van der Waals surface area contributed by atoms with Crippen LogP contribution >= 0.6 is 0 Å². The average molecular weight is 468 g/mol. The normalized spacial score (nSPS) is 17.9. The van der Waals surface area contributed by atoms with Gasteiger partial charge >= 0.3 is 6.18 Å². The van der Waals surface area contributed by atoms with E-state index in [4.69, 9.17) is 4.74 Å². The zero-order valence-corrected chi connectivity index (χ0v) is 18.5. The molecule has 1 aromatic carbocycles. The maximum absolute atomic E-state index is 13.3. The lowest BCUT2D eigenvalue weighted by atomic mass is 9.97. The molecule has 1 atom stereocenters. The number of aromatic amines is 1. The van der Waals surface area contributed by atoms with Crippen molar-refractivity contribution in [2.75, 3.05) is 20.2 Å². The molecule has 0 saturated heterocycles. The smallest absolute Gasteiger partial charge is 0.435 e. The molecule has 1 saturated carbocycles. The summed E-state index contributed by atoms with van der Waals surface area (Å²) >= 11 is 0. The Morgan fingerprint density at radius 1 is 1.29 bits per heavy atom. The molecule has 176 valence electrons. The molecule has 0 amide bonds. The van der Waals surface area contributed by atoms with Crippen molar-refractivity contribution in [2.45, 2.75) is 30.9 Å². The molecule has 2 aromatic heterocycles. The number of halogens is 3. The summed E-state index contributed by atoms with van der Waals surface area (Å²) in [5, 5.41) is 8.85. The first-order chi connectivity index (χ1) is 16.3. The van der Waals surface area contributed by atoms with Gasteiger partial charge < -0.3 is 9.64 Å². The van der Waals surface area contributed by atoms with Crippen LogP contribution in [0.1, 0.15) is 47.2 Å². The van der Waals surface area contributed by atoms with Crippen molar-refractivity contribution in [1.29, 1.82) is 0 Å². The third-order valence-electron chi connectivity index (χ3n) is 6.11. The van der Waals surface area contributed by atoms with E-state index in [0.29, 0.717) is 30.5 Å². The largest absolute Gasteiger partial charge is 0.493 e. The fourth-order valence-corrected chi connectivity index (χ4v) is 4.26. The molecule has 5 rings (SSSR count). The van der Waals surface area contributed by atoms with Crippen LogP contribution in [0.15, 0.2) is 47.7 Å². The molecule has 2 aliphatic rings. The van der Waals surface area contributed by atoms with Gasteiger partial charge in [-0.05, 0) is 49.2 Å². The van der Waals surface area contributed by atoms with Crippen LogP contribution < -0.4 is 4.74 Å². The second-order valence-corrected chi connectivity index (χ2v) is 8.65. The van der Waals surface area contributed by atoms with Gasteiger partial charge in [0, 0.05) is 43.0 Å². The number of nitrogens with one attached hydrogen (secondary N) is 1. The van der Waals surface area contributed by atoms with E-state index in [9.17, 15) is 13.2 Å². The van der Waals surface area contributed by atoms with Crippen LogP contribution in [0.3, 0.4) is 0 Å². The number of hydrogen-bond acceptors (Lipinski definition) is 6. The highest BCUT2D eigenvalue weighted by Crippen LogP contribution is 2.44. The summed E-state index contributed by atoms with van der Waals surface area (Å²) in [6.45, 7) is 4.90. The van der Waals surface area contributed by atoms with Gasteiger partial charge in [-0.1, -0.05) is 17.3 Å². The van der Waals surface area contributed by atoms with Crippen LogP contribution in [-0.4, -0.2) is 52.2 Å². The first-order valence-electron chi connectivity index (χ1n) is 10.9. The average Bonchev–Trinajstić information content (AvgIpc) is 3.40. The molecule has 0 spiro atoms. The zero-order chi connectivity index (χ0) is 23.9. The predicted octanol–water partition coefficient (Wildman–Crippen LogP) is 4.87. The number of alkyl halides is 3. The third kappa shape index (κ3) is 4.40. The van der Waals surface area contributed by atoms with E-state index in [0.717, 1.165) is 5.75 Å². The van der Waals surface area contributed by atoms with E-state index in [1.54, 1.807) is 6.20 Å². The van der Waals surface area contributed by atoms with Crippen LogP contribution in [0, 0.1) is 0 Å². The minimum Gasteiger partial charge on any atom is -0.493 e. The third-order valence-corrected chi connectivity index (χ3v) is 6.11. The minimum absolute atomic E-state index is 0.199. The molecule has 1 N–H and O–H groups in total. The van der Waals surface area contributed by atoms with Gasteiger partial charge in [0.05, 0.1) is 12.3 Å². The Kier molecular flexibility index (Phi) is 5.59. The number of benzene rings is 1. The van der Waals surface area contributed by atoms with Crippen molar-refractivity contribution in [2.24, 2.45) is 4.99 Å². The van der Waals surface area contributed by atoms with E-state index in [2.05, 4.69) is 45.2 Å². The Balaban J connectivity index is 1.36. The first kappa shape index (κ1) is 22.1. The molecule has 1 aliphatic heterocycles. The second-order valence-electron chi connectivity index (χ2n) is 8.65. The lowest BCUT2D eigenvalue weighted by Crippen LogP contribution is -2.21. The number of likely N-dealkylation sites (N-methyl/N-ethyl adjacent to an activating group) is 1. The molecule has 34 heavy (non-hydrogen) atoms. The van der Waals surface area contributed by atoms with Gasteiger partial charge in [-0.25, -0.2) is 0 Å². The van der Waals surface area contributed by atoms with Gasteiger partial charge in [0.15, 0.2) is 5.69 Å². The lowest BCUT2D eigenvalue weighted by Gasteiger charge is -2.20. The van der Waals surface area contributed by atoms with Gasteiger partial charge in [-0.3, -0.25) is 15.1 Å². The predicted molar refractivity (Wildman–Crippen MR) is 121 cm³/mol. The number of aromatic nitrogens is 4. The summed E-state index contributed by atoms with van der Waals surface area (Å²) < 4.78 is 45.6. The number of nitrogens with zero attached hydrogens (tertiary/aromatic N) is 5. The Morgan fingerprint density at radius 2 is 2.12 bits per heavy atom. The standard InChI is InChI=1S/C24H23F3N6O/c1-28-20(19-10-16(7-8-29-19)22-23(24(25,26)27)31-32-30-22)12-33(2)11-17-13-34-21-6-5-15(9-18(17)21)14-3-4-14/h5-10,12,14,17H,1,3-4,11,13H2,2H3,(H,30,31,32)/b20-12-/t17-/m0/s1. The van der Waals surface area contributed by atoms with Crippen LogP contribution in [0.2, 0.25) is 0 Å². The van der Waals surface area contributed by atoms with Crippen LogP contribution in [-0.2, 0) is 6.18 Å². The minimum atomic E-state index is -4.60. The topological polar surface area (TPSA) is 79.3 Å². The van der Waals surface area contributed by atoms with Gasteiger partial charge in [-0.2, -0.15) is 13.2 Å². The molecule has 7 nitrogen and oxygen atoms in total. The van der Waals surface area contributed by atoms with Crippen molar-refractivity contribution < 1.29 is 17.9 Å². The molecule has 3 heterocycles. The zero-order valence-electron chi connectivity index (χ0n) is 18.5. The van der Waals surface area contributed by atoms with Gasteiger partial charge in [0.1, 0.15) is 17.1 Å². The summed E-state index contributed by atoms with van der Waals surface area (Å²) in [4.78, 5) is 10.3. The van der Waals surface area contributed by atoms with Gasteiger partial charge in [-0.15, -0.1) is 5.10 Å². The monoisotopic (exact) mass is 468 g/mol. The molecule has 0 radical (unpaired) electrons. The van der Waals surface area contributed by atoms with Crippen molar-refractivity contribution in [3.8, 4) is 17.0 Å². The van der Waals surface area contributed by atoms with Gasteiger partial charge in [0.2, 0.25) is 0 Å². The summed E-state index contributed by atoms with van der Waals surface area (Å²) in [6, 6.07) is 9.42. The Labute approximate surface area is 194 Å². The van der Waals surface area contributed by atoms with Crippen LogP contribution in [0.5, 0.6) is 5.75 Å². The Hall–Kier alpha value is -3.69. The summed E-state index contributed by atoms with van der Waals surface area (Å²) in [5.41, 5.74) is 2.33. The molecular weight excluding hydrogens is 445 g/mol. The molecule has 3 aromatic rings. The number of rotatable bonds is 7. The number of pyridine rings is 1. The fourth-order valence-electron chi connectivity index (χ4n) is 4.26. The first-order valence-corrected chi connectivity index (χ1v) is 10.9. The van der Waals surface area contributed by atoms with E-state index < -0.39 is 11.9 Å². The van der Waals surface area contributed by atoms with Crippen molar-refractivity contribution in [3.05, 3.63) is 65.2 Å². The molecule has 1 aliphatic carbocycles. The quantitative estimate of drug-likeness (QED) is 0.501. The fraction of sp³-hybridized carbons (Fsp3) is 0.333. The maximum atomic E-state index is 13.3. The number of hydrogen-bond donors (Lipinski definition) is 1. The van der Waals surface area contributed by atoms with Crippen molar-refractivity contribution in [3.63, 3.8) is 0 Å². The SMILES string of the molecule is C=N/C(=C\N(C)C[C@H]1COc2ccc(C3CC3)cc21)c1cc(-c2nn[nH]c2C(F)(F)F)ccn1. The molecule has 1 fully saturated rings. The van der Waals surface area contributed by atoms with E-state index in [-0.39, 0.29) is 17.2 Å². The summed E-state index contributed by atoms with van der Waals surface area (Å²) in [5.74, 6) is 1.79. The van der Waals surface area contributed by atoms with Crippen molar-refractivity contribution >= 4 is 12.4 Å². The Morgan fingerprint density at radius 3 is 2.85 bits per heavy atom. The number of ether oxygens (including phenoxy) is 1. The highest BCUT2D eigenvalue weighted by Gasteiger charge is 2.37. The van der Waals surface area contributed by atoms with Crippen LogP contribution in [0.4, 0.5) is 13.2 Å². The molecule has 0 bridgehead atoms. The molecule has 0 unspecified atom stereocenters. The molecular formula is C24H23F3N6O. The number of H-pyrrole nitrogens is 1. The second kappa shape index (κ2) is 8.58. The highest BCUT2D eigenvalue weighted by molar-refractivity contribution is 5.70. The number of fused-ring (bicyclic) bond motifs is 1. The lowest BCUT2D eigenvalue weighted by molar-refractivity contribution is -0.140. The van der Waals surface area contributed by atoms with E-state index >= 15 is 0 Å². The summed E-state index contributed by atoms with van der Waals surface area (Å²) in [7, 11) is 1.91. The highest BCUT2D eigenvalue weighted by atomic mass is 19.4. The van der Waals surface area contributed by atoms with Crippen molar-refractivity contribution in [1.82, 2.24) is 25.3 Å². The van der Waals surface area contributed by atoms with E-state index in [1.165, 1.54) is 42.3 Å². The van der Waals surface area contributed by atoms with Crippen LogP contribution in [0.25, 0.3) is 17.0 Å². The van der Waals surface area contributed by atoms with E-state index in [1.807, 2.05) is 17.0 Å². The molecule has 10 heteroatoms. The van der Waals surface area contributed by atoms with Gasteiger partial charge in [0.25, 0.3) is 0 Å². The summed E-state index contributed by atoms with van der Waals surface area (Å²) in [6.07, 6.45) is 1.09.